The molecule has 0 aromatic carbocycles. The number of hydrogen-bond donors (Lipinski definition) is 2. The van der Waals surface area contributed by atoms with Crippen molar-refractivity contribution in [2.24, 2.45) is 5.41 Å². The van der Waals surface area contributed by atoms with Gasteiger partial charge >= 0.3 is 7.82 Å². The van der Waals surface area contributed by atoms with Crippen molar-refractivity contribution in [1.29, 1.82) is 0 Å². The number of nitrogens with zero attached hydrogens (tertiary/aromatic N) is 4. The number of aromatic nitrogens is 4. The minimum Gasteiger partial charge on any atom is -0.382 e. The Labute approximate surface area is 181 Å². The highest BCUT2D eigenvalue weighted by atomic mass is 31.2. The average molecular weight is 457 g/mol. The number of phosphoric acid groups is 1. The number of rotatable bonds is 6. The third-order valence-corrected chi connectivity index (χ3v) is 5.96. The summed E-state index contributed by atoms with van der Waals surface area (Å²) in [4.78, 5) is 22.9. The predicted molar refractivity (Wildman–Crippen MR) is 114 cm³/mol. The molecule has 0 spiro atoms. The van der Waals surface area contributed by atoms with Crippen molar-refractivity contribution in [2.75, 3.05) is 12.8 Å². The molecule has 174 valence electrons. The first-order chi connectivity index (χ1) is 14.2. The van der Waals surface area contributed by atoms with E-state index < -0.39 is 38.0 Å². The Morgan fingerprint density at radius 3 is 2.45 bits per heavy atom. The van der Waals surface area contributed by atoms with Crippen LogP contribution in [0.15, 0.2) is 12.7 Å². The molecule has 3 N–H and O–H groups in total. The molecule has 0 aliphatic carbocycles. The summed E-state index contributed by atoms with van der Waals surface area (Å²) in [6.45, 7) is 11.2. The smallest absolute Gasteiger partial charge is 0.382 e. The van der Waals surface area contributed by atoms with E-state index in [-0.39, 0.29) is 11.2 Å². The van der Waals surface area contributed by atoms with Gasteiger partial charge in [-0.3, -0.25) is 13.6 Å². The molecule has 1 aliphatic heterocycles. The lowest BCUT2D eigenvalue weighted by molar-refractivity contribution is -0.0550. The van der Waals surface area contributed by atoms with E-state index in [1.807, 2.05) is 20.8 Å². The Balaban J connectivity index is 1.99. The van der Waals surface area contributed by atoms with Crippen LogP contribution in [0.1, 0.15) is 54.2 Å². The van der Waals surface area contributed by atoms with Crippen molar-refractivity contribution in [2.45, 2.75) is 78.1 Å². The van der Waals surface area contributed by atoms with E-state index >= 15 is 0 Å². The number of phosphoric ester groups is 1. The molecule has 0 radical (unpaired) electrons. The van der Waals surface area contributed by atoms with Crippen molar-refractivity contribution in [3.05, 3.63) is 12.7 Å². The van der Waals surface area contributed by atoms with Crippen LogP contribution in [0.4, 0.5) is 5.82 Å². The van der Waals surface area contributed by atoms with Gasteiger partial charge in [-0.1, -0.05) is 20.8 Å². The SMILES string of the molecule is CO[C@H]1C(OP(=O)(O)OC(C)(C)C)[C@@H](CC(C)(C)C)O[C@H]1n1cnc2c(N)ncnc21. The van der Waals surface area contributed by atoms with Gasteiger partial charge in [-0.25, -0.2) is 19.5 Å². The molecule has 11 nitrogen and oxygen atoms in total. The van der Waals surface area contributed by atoms with Gasteiger partial charge in [0.2, 0.25) is 0 Å². The molecule has 1 fully saturated rings. The van der Waals surface area contributed by atoms with Crippen LogP contribution in [0.5, 0.6) is 0 Å². The third-order valence-electron chi connectivity index (χ3n) is 4.68. The monoisotopic (exact) mass is 457 g/mol. The molecule has 1 saturated heterocycles. The number of anilines is 1. The van der Waals surface area contributed by atoms with E-state index in [9.17, 15) is 9.46 Å². The lowest BCUT2D eigenvalue weighted by atomic mass is 9.87. The summed E-state index contributed by atoms with van der Waals surface area (Å²) in [5.74, 6) is 0.244. The molecular formula is C19H32N5O6P. The molecule has 12 heteroatoms. The fourth-order valence-electron chi connectivity index (χ4n) is 3.66. The molecule has 2 aromatic rings. The second kappa shape index (κ2) is 8.38. The molecule has 2 aromatic heterocycles. The second-order valence-electron chi connectivity index (χ2n) is 9.86. The normalized spacial score (nSPS) is 27.0. The number of nitrogens with two attached hydrogens (primary N) is 1. The number of hydrogen-bond acceptors (Lipinski definition) is 9. The Morgan fingerprint density at radius 1 is 1.19 bits per heavy atom. The van der Waals surface area contributed by atoms with E-state index in [0.29, 0.717) is 17.6 Å². The van der Waals surface area contributed by atoms with Crippen LogP contribution < -0.4 is 5.73 Å². The lowest BCUT2D eigenvalue weighted by Crippen LogP contribution is -2.37. The first-order valence-electron chi connectivity index (χ1n) is 10.0. The second-order valence-corrected chi connectivity index (χ2v) is 11.2. The molecule has 1 aliphatic rings. The van der Waals surface area contributed by atoms with Crippen molar-refractivity contribution in [3.8, 4) is 0 Å². The van der Waals surface area contributed by atoms with E-state index in [1.54, 1.807) is 25.3 Å². The molecule has 0 bridgehead atoms. The summed E-state index contributed by atoms with van der Waals surface area (Å²) in [6.07, 6.45) is 0.563. The van der Waals surface area contributed by atoms with Gasteiger partial charge in [0.15, 0.2) is 17.7 Å². The minimum absolute atomic E-state index is 0.145. The molecule has 31 heavy (non-hydrogen) atoms. The van der Waals surface area contributed by atoms with Gasteiger partial charge in [0, 0.05) is 7.11 Å². The molecule has 3 rings (SSSR count). The summed E-state index contributed by atoms with van der Waals surface area (Å²) in [6, 6.07) is 0. The molecule has 2 unspecified atom stereocenters. The van der Waals surface area contributed by atoms with Crippen LogP contribution in [-0.4, -0.2) is 55.4 Å². The standard InChI is InChI=1S/C19H32N5O6P/c1-18(2,3)8-11-13(29-31(25,26)30-19(4,5)6)14(27-7)17(28-11)24-10-23-12-15(20)21-9-22-16(12)24/h9-11,13-14,17H,8H2,1-7H3,(H,25,26)(H2,20,21,22)/t11-,13?,14+,17-/m1/s1. The number of methoxy groups -OCH3 is 1. The maximum atomic E-state index is 12.8. The minimum atomic E-state index is -4.41. The van der Waals surface area contributed by atoms with Crippen LogP contribution in [0.3, 0.4) is 0 Å². The Morgan fingerprint density at radius 2 is 1.87 bits per heavy atom. The van der Waals surface area contributed by atoms with Gasteiger partial charge in [0.05, 0.1) is 18.0 Å². The van der Waals surface area contributed by atoms with Gasteiger partial charge in [-0.15, -0.1) is 0 Å². The van der Waals surface area contributed by atoms with E-state index in [2.05, 4.69) is 15.0 Å². The first-order valence-corrected chi connectivity index (χ1v) is 11.5. The molecule has 3 heterocycles. The fourth-order valence-corrected chi connectivity index (χ4v) is 4.95. The molecular weight excluding hydrogens is 425 g/mol. The first kappa shape index (κ1) is 24.0. The number of ether oxygens (including phenoxy) is 2. The van der Waals surface area contributed by atoms with Gasteiger partial charge in [-0.05, 0) is 32.6 Å². The van der Waals surface area contributed by atoms with E-state index in [4.69, 9.17) is 24.3 Å². The van der Waals surface area contributed by atoms with Crippen molar-refractivity contribution in [1.82, 2.24) is 19.5 Å². The highest BCUT2D eigenvalue weighted by Gasteiger charge is 2.51. The van der Waals surface area contributed by atoms with Crippen LogP contribution in [0.2, 0.25) is 0 Å². The zero-order chi connectivity index (χ0) is 23.2. The number of fused-ring (bicyclic) bond motifs is 1. The summed E-state index contributed by atoms with van der Waals surface area (Å²) in [5, 5.41) is 0. The van der Waals surface area contributed by atoms with E-state index in [1.165, 1.54) is 19.8 Å². The zero-order valence-corrected chi connectivity index (χ0v) is 19.9. The largest absolute Gasteiger partial charge is 0.473 e. The van der Waals surface area contributed by atoms with Gasteiger partial charge < -0.3 is 20.1 Å². The number of imidazole rings is 1. The summed E-state index contributed by atoms with van der Waals surface area (Å²) in [7, 11) is -2.91. The van der Waals surface area contributed by atoms with Crippen molar-refractivity contribution < 1.29 is 28.0 Å². The van der Waals surface area contributed by atoms with Crippen LogP contribution in [-0.2, 0) is 23.1 Å². The summed E-state index contributed by atoms with van der Waals surface area (Å²) >= 11 is 0. The molecule has 0 saturated carbocycles. The van der Waals surface area contributed by atoms with E-state index in [0.717, 1.165) is 0 Å². The van der Waals surface area contributed by atoms with Gasteiger partial charge in [0.25, 0.3) is 0 Å². The van der Waals surface area contributed by atoms with Gasteiger partial charge in [0.1, 0.15) is 24.1 Å². The van der Waals surface area contributed by atoms with Crippen LogP contribution in [0, 0.1) is 5.41 Å². The number of nitrogen functional groups attached to an aromatic ring is 1. The quantitative estimate of drug-likeness (QED) is 0.621. The molecule has 0 amide bonds. The maximum Gasteiger partial charge on any atom is 0.473 e. The highest BCUT2D eigenvalue weighted by molar-refractivity contribution is 7.47. The predicted octanol–water partition coefficient (Wildman–Crippen LogP) is 3.06. The lowest BCUT2D eigenvalue weighted by Gasteiger charge is -2.30. The Kier molecular flexibility index (Phi) is 6.50. The summed E-state index contributed by atoms with van der Waals surface area (Å²) < 4.78 is 37.4. The maximum absolute atomic E-state index is 12.8. The van der Waals surface area contributed by atoms with Gasteiger partial charge in [-0.2, -0.15) is 0 Å². The van der Waals surface area contributed by atoms with Crippen LogP contribution in [0.25, 0.3) is 11.2 Å². The third kappa shape index (κ3) is 5.60. The topological polar surface area (TPSA) is 144 Å². The Hall–Kier alpha value is -1.62. The summed E-state index contributed by atoms with van der Waals surface area (Å²) in [5.41, 5.74) is 5.78. The Bertz CT molecular complexity index is 969. The van der Waals surface area contributed by atoms with Crippen molar-refractivity contribution in [3.63, 3.8) is 0 Å². The zero-order valence-electron chi connectivity index (χ0n) is 19.0. The highest BCUT2D eigenvalue weighted by Crippen LogP contribution is 2.52. The average Bonchev–Trinajstić information content (AvgIpc) is 3.13. The van der Waals surface area contributed by atoms with Crippen molar-refractivity contribution >= 4 is 24.8 Å². The van der Waals surface area contributed by atoms with Crippen LogP contribution >= 0.6 is 7.82 Å². The fraction of sp³-hybridized carbons (Fsp3) is 0.737. The molecule has 5 atom stereocenters.